The Labute approximate surface area is 147 Å². The fourth-order valence-electron chi connectivity index (χ4n) is 2.08. The third-order valence-corrected chi connectivity index (χ3v) is 4.82. The maximum Gasteiger partial charge on any atom is 0.193 e. The summed E-state index contributed by atoms with van der Waals surface area (Å²) in [6.07, 6.45) is 0. The molecule has 0 saturated heterocycles. The van der Waals surface area contributed by atoms with Gasteiger partial charge in [0.1, 0.15) is 5.82 Å². The predicted octanol–water partition coefficient (Wildman–Crippen LogP) is 3.73. The fourth-order valence-corrected chi connectivity index (χ4v) is 3.62. The molecule has 0 saturated carbocycles. The highest BCUT2D eigenvalue weighted by Gasteiger charge is 2.10. The summed E-state index contributed by atoms with van der Waals surface area (Å²) in [6, 6.07) is 10.4. The molecule has 0 unspecified atom stereocenters. The van der Waals surface area contributed by atoms with Crippen LogP contribution in [-0.2, 0) is 13.1 Å². The highest BCUT2D eigenvalue weighted by atomic mass is 79.9. The molecule has 0 atom stereocenters. The van der Waals surface area contributed by atoms with Crippen LogP contribution in [0, 0.1) is 17.1 Å². The Hall–Kier alpha value is -1.91. The lowest BCUT2D eigenvalue weighted by molar-refractivity contribution is 0.479. The molecule has 0 fully saturated rings. The topological polar surface area (TPSA) is 51.4 Å². The molecule has 0 radical (unpaired) electrons. The first-order valence-electron chi connectivity index (χ1n) is 6.88. The molecule has 0 bridgehead atoms. The molecule has 1 aromatic heterocycles. The van der Waals surface area contributed by atoms with Gasteiger partial charge in [-0.2, -0.15) is 5.26 Å². The van der Waals surface area contributed by atoms with Crippen molar-refractivity contribution in [3.63, 3.8) is 0 Å². The van der Waals surface area contributed by atoms with E-state index in [1.54, 1.807) is 24.5 Å². The van der Waals surface area contributed by atoms with Crippen molar-refractivity contribution < 1.29 is 4.39 Å². The molecule has 7 heteroatoms. The fraction of sp³-hybridized carbons (Fsp3) is 0.250. The van der Waals surface area contributed by atoms with Gasteiger partial charge in [0.2, 0.25) is 0 Å². The molecular formula is C16H16BrFN4S. The van der Waals surface area contributed by atoms with Crippen LogP contribution in [0.25, 0.3) is 0 Å². The Bertz CT molecular complexity index is 751. The van der Waals surface area contributed by atoms with Gasteiger partial charge in [-0.05, 0) is 46.3 Å². The summed E-state index contributed by atoms with van der Waals surface area (Å²) in [5, 5.41) is 12.0. The maximum absolute atomic E-state index is 13.8. The number of nitrogens with zero attached hydrogens (tertiary/aromatic N) is 3. The van der Waals surface area contributed by atoms with Crippen molar-refractivity contribution in [2.24, 2.45) is 4.99 Å². The Morgan fingerprint density at radius 2 is 2.22 bits per heavy atom. The standard InChI is InChI=1S/C16H16BrFN4S/c1-20-16(22(2)10-13-4-6-15(17)23-13)21-9-12-7-11(8-19)3-5-14(12)18/h3-7H,9-10H2,1-2H3,(H,20,21). The molecule has 0 amide bonds. The summed E-state index contributed by atoms with van der Waals surface area (Å²) in [4.78, 5) is 7.37. The van der Waals surface area contributed by atoms with Crippen molar-refractivity contribution in [2.75, 3.05) is 14.1 Å². The molecule has 1 aromatic carbocycles. The van der Waals surface area contributed by atoms with Crippen molar-refractivity contribution in [3.05, 3.63) is 55.9 Å². The lowest BCUT2D eigenvalue weighted by Gasteiger charge is -2.21. The lowest BCUT2D eigenvalue weighted by Crippen LogP contribution is -2.38. The molecule has 0 spiro atoms. The van der Waals surface area contributed by atoms with Crippen molar-refractivity contribution >= 4 is 33.2 Å². The predicted molar refractivity (Wildman–Crippen MR) is 94.8 cm³/mol. The number of nitrogens with one attached hydrogen (secondary N) is 1. The average molecular weight is 395 g/mol. The molecule has 0 aliphatic rings. The average Bonchev–Trinajstić information content (AvgIpc) is 2.94. The second-order valence-electron chi connectivity index (χ2n) is 4.88. The molecule has 2 aromatic rings. The van der Waals surface area contributed by atoms with Gasteiger partial charge in [0.15, 0.2) is 5.96 Å². The van der Waals surface area contributed by atoms with Crippen molar-refractivity contribution in [3.8, 4) is 6.07 Å². The Morgan fingerprint density at radius 3 is 2.83 bits per heavy atom. The molecule has 0 aliphatic carbocycles. The Morgan fingerprint density at radius 1 is 1.43 bits per heavy atom. The van der Waals surface area contributed by atoms with Gasteiger partial charge in [-0.1, -0.05) is 0 Å². The molecule has 23 heavy (non-hydrogen) atoms. The van der Waals surface area contributed by atoms with E-state index in [2.05, 4.69) is 32.3 Å². The number of guanidine groups is 1. The van der Waals surface area contributed by atoms with Gasteiger partial charge in [-0.15, -0.1) is 11.3 Å². The summed E-state index contributed by atoms with van der Waals surface area (Å²) in [5.41, 5.74) is 0.882. The highest BCUT2D eigenvalue weighted by molar-refractivity contribution is 9.11. The molecule has 2 rings (SSSR count). The van der Waals surface area contributed by atoms with Crippen LogP contribution in [0.15, 0.2) is 39.1 Å². The van der Waals surface area contributed by atoms with Gasteiger partial charge in [-0.3, -0.25) is 4.99 Å². The summed E-state index contributed by atoms with van der Waals surface area (Å²) in [6.45, 7) is 0.975. The van der Waals surface area contributed by atoms with Gasteiger partial charge in [0, 0.05) is 31.1 Å². The van der Waals surface area contributed by atoms with E-state index >= 15 is 0 Å². The van der Waals surface area contributed by atoms with Gasteiger partial charge < -0.3 is 10.2 Å². The zero-order valence-corrected chi connectivity index (χ0v) is 15.2. The first-order valence-corrected chi connectivity index (χ1v) is 8.49. The van der Waals surface area contributed by atoms with Crippen LogP contribution < -0.4 is 5.32 Å². The number of aliphatic imine (C=N–C) groups is 1. The van der Waals surface area contributed by atoms with E-state index in [1.165, 1.54) is 17.0 Å². The summed E-state index contributed by atoms with van der Waals surface area (Å²) in [7, 11) is 3.61. The Balaban J connectivity index is 2.01. The van der Waals surface area contributed by atoms with Gasteiger partial charge in [0.25, 0.3) is 0 Å². The maximum atomic E-state index is 13.8. The Kier molecular flexibility index (Phi) is 6.13. The number of benzene rings is 1. The summed E-state index contributed by atoms with van der Waals surface area (Å²) < 4.78 is 14.9. The monoisotopic (exact) mass is 394 g/mol. The number of rotatable bonds is 4. The highest BCUT2D eigenvalue weighted by Crippen LogP contribution is 2.23. The van der Waals surface area contributed by atoms with Crippen molar-refractivity contribution in [2.45, 2.75) is 13.1 Å². The minimum atomic E-state index is -0.336. The van der Waals surface area contributed by atoms with E-state index in [0.29, 0.717) is 23.6 Å². The van der Waals surface area contributed by atoms with Gasteiger partial charge >= 0.3 is 0 Å². The third-order valence-electron chi connectivity index (χ3n) is 3.21. The quantitative estimate of drug-likeness (QED) is 0.634. The number of thiophene rings is 1. The molecule has 120 valence electrons. The van der Waals surface area contributed by atoms with Crippen molar-refractivity contribution in [1.29, 1.82) is 5.26 Å². The van der Waals surface area contributed by atoms with Crippen LogP contribution in [0.2, 0.25) is 0 Å². The zero-order valence-electron chi connectivity index (χ0n) is 12.8. The molecule has 1 heterocycles. The SMILES string of the molecule is CN=C(NCc1cc(C#N)ccc1F)N(C)Cc1ccc(Br)s1. The molecule has 4 nitrogen and oxygen atoms in total. The minimum absolute atomic E-state index is 0.270. The summed E-state index contributed by atoms with van der Waals surface area (Å²) in [5.74, 6) is 0.327. The van der Waals surface area contributed by atoms with Crippen LogP contribution in [0.5, 0.6) is 0 Å². The first-order chi connectivity index (χ1) is 11.0. The summed E-state index contributed by atoms with van der Waals surface area (Å²) >= 11 is 5.11. The van der Waals surface area contributed by atoms with Crippen LogP contribution in [0.4, 0.5) is 4.39 Å². The van der Waals surface area contributed by atoms with E-state index in [1.807, 2.05) is 24.1 Å². The van der Waals surface area contributed by atoms with Crippen LogP contribution >= 0.6 is 27.3 Å². The molecule has 1 N–H and O–H groups in total. The van der Waals surface area contributed by atoms with E-state index in [9.17, 15) is 4.39 Å². The lowest BCUT2D eigenvalue weighted by atomic mass is 10.1. The second-order valence-corrected chi connectivity index (χ2v) is 7.43. The largest absolute Gasteiger partial charge is 0.352 e. The van der Waals surface area contributed by atoms with E-state index in [4.69, 9.17) is 5.26 Å². The van der Waals surface area contributed by atoms with E-state index in [-0.39, 0.29) is 12.4 Å². The number of nitriles is 1. The van der Waals surface area contributed by atoms with E-state index in [0.717, 1.165) is 3.79 Å². The molecular weight excluding hydrogens is 379 g/mol. The van der Waals surface area contributed by atoms with Gasteiger partial charge in [0.05, 0.1) is 22.0 Å². The minimum Gasteiger partial charge on any atom is -0.352 e. The second kappa shape index (κ2) is 8.09. The van der Waals surface area contributed by atoms with Crippen LogP contribution in [0.1, 0.15) is 16.0 Å². The normalized spacial score (nSPS) is 11.2. The number of halogens is 2. The van der Waals surface area contributed by atoms with E-state index < -0.39 is 0 Å². The van der Waals surface area contributed by atoms with Gasteiger partial charge in [-0.25, -0.2) is 4.39 Å². The third kappa shape index (κ3) is 4.78. The van der Waals surface area contributed by atoms with Crippen molar-refractivity contribution in [1.82, 2.24) is 10.2 Å². The zero-order chi connectivity index (χ0) is 16.8. The number of hydrogen-bond donors (Lipinski definition) is 1. The molecule has 0 aliphatic heterocycles. The smallest absolute Gasteiger partial charge is 0.193 e. The first kappa shape index (κ1) is 17.4. The van der Waals surface area contributed by atoms with Crippen LogP contribution in [-0.4, -0.2) is 25.0 Å². The van der Waals surface area contributed by atoms with Crippen LogP contribution in [0.3, 0.4) is 0 Å². The number of hydrogen-bond acceptors (Lipinski definition) is 3.